The monoisotopic (exact) mass is 253 g/mol. The molecule has 1 atom stereocenters. The normalized spacial score (nSPS) is 12.3. The van der Waals surface area contributed by atoms with E-state index in [9.17, 15) is 4.79 Å². The van der Waals surface area contributed by atoms with Crippen LogP contribution in [0.1, 0.15) is 18.4 Å². The highest BCUT2D eigenvalue weighted by atomic mass is 32.2. The zero-order valence-corrected chi connectivity index (χ0v) is 10.7. The number of carboxylic acids is 1. The van der Waals surface area contributed by atoms with Crippen molar-refractivity contribution in [2.45, 2.75) is 25.3 Å². The van der Waals surface area contributed by atoms with Gasteiger partial charge in [-0.05, 0) is 30.6 Å². The second-order valence-corrected chi connectivity index (χ2v) is 5.11. The van der Waals surface area contributed by atoms with Gasteiger partial charge in [0.15, 0.2) is 0 Å². The van der Waals surface area contributed by atoms with Crippen molar-refractivity contribution in [3.8, 4) is 0 Å². The summed E-state index contributed by atoms with van der Waals surface area (Å²) in [6.07, 6.45) is 3.33. The summed E-state index contributed by atoms with van der Waals surface area (Å²) in [5.74, 6) is 0.566. The van der Waals surface area contributed by atoms with Crippen LogP contribution in [0.5, 0.6) is 0 Å². The van der Waals surface area contributed by atoms with Gasteiger partial charge in [0.05, 0.1) is 0 Å². The SMILES string of the molecule is N[C@@H](CSCCCCc1ccccc1)C(=O)O. The summed E-state index contributed by atoms with van der Waals surface area (Å²) in [5.41, 5.74) is 6.76. The Morgan fingerprint density at radius 2 is 2.00 bits per heavy atom. The zero-order valence-electron chi connectivity index (χ0n) is 9.84. The molecule has 0 spiro atoms. The molecule has 0 saturated carbocycles. The molecule has 3 N–H and O–H groups in total. The number of hydrogen-bond donors (Lipinski definition) is 2. The number of carbonyl (C=O) groups is 1. The fourth-order valence-electron chi connectivity index (χ4n) is 1.46. The van der Waals surface area contributed by atoms with Crippen molar-refractivity contribution in [2.75, 3.05) is 11.5 Å². The molecule has 94 valence electrons. The number of nitrogens with two attached hydrogens (primary N) is 1. The predicted octanol–water partition coefficient (Wildman–Crippen LogP) is 2.15. The quantitative estimate of drug-likeness (QED) is 0.697. The fourth-order valence-corrected chi connectivity index (χ4v) is 2.43. The van der Waals surface area contributed by atoms with Gasteiger partial charge in [0.1, 0.15) is 6.04 Å². The second-order valence-electron chi connectivity index (χ2n) is 3.96. The van der Waals surface area contributed by atoms with Crippen molar-refractivity contribution >= 4 is 17.7 Å². The minimum Gasteiger partial charge on any atom is -0.480 e. The highest BCUT2D eigenvalue weighted by Gasteiger charge is 2.10. The van der Waals surface area contributed by atoms with Crippen molar-refractivity contribution in [3.05, 3.63) is 35.9 Å². The smallest absolute Gasteiger partial charge is 0.321 e. The van der Waals surface area contributed by atoms with Gasteiger partial charge in [0, 0.05) is 5.75 Å². The third-order valence-corrected chi connectivity index (χ3v) is 3.63. The molecule has 0 aliphatic rings. The van der Waals surface area contributed by atoms with E-state index in [0.717, 1.165) is 25.0 Å². The van der Waals surface area contributed by atoms with Crippen LogP contribution in [-0.4, -0.2) is 28.6 Å². The van der Waals surface area contributed by atoms with Gasteiger partial charge in [-0.1, -0.05) is 30.3 Å². The van der Waals surface area contributed by atoms with E-state index in [1.54, 1.807) is 11.8 Å². The Bertz CT molecular complexity index is 329. The van der Waals surface area contributed by atoms with Crippen LogP contribution in [0.4, 0.5) is 0 Å². The molecule has 1 aromatic rings. The zero-order chi connectivity index (χ0) is 12.5. The summed E-state index contributed by atoms with van der Waals surface area (Å²) in [6.45, 7) is 0. The van der Waals surface area contributed by atoms with Crippen molar-refractivity contribution in [2.24, 2.45) is 5.73 Å². The topological polar surface area (TPSA) is 63.3 Å². The van der Waals surface area contributed by atoms with Gasteiger partial charge in [-0.3, -0.25) is 4.79 Å². The summed E-state index contributed by atoms with van der Waals surface area (Å²) < 4.78 is 0. The largest absolute Gasteiger partial charge is 0.480 e. The van der Waals surface area contributed by atoms with Crippen LogP contribution in [0.25, 0.3) is 0 Å². The Morgan fingerprint density at radius 3 is 2.65 bits per heavy atom. The number of hydrogen-bond acceptors (Lipinski definition) is 3. The Labute approximate surface area is 106 Å². The Hall–Kier alpha value is -1.00. The highest BCUT2D eigenvalue weighted by molar-refractivity contribution is 7.99. The van der Waals surface area contributed by atoms with Crippen molar-refractivity contribution in [1.82, 2.24) is 0 Å². The highest BCUT2D eigenvalue weighted by Crippen LogP contribution is 2.09. The summed E-state index contributed by atoms with van der Waals surface area (Å²) >= 11 is 1.62. The van der Waals surface area contributed by atoms with Crippen LogP contribution in [0, 0.1) is 0 Å². The molecule has 0 heterocycles. The molecule has 0 radical (unpaired) electrons. The van der Waals surface area contributed by atoms with Gasteiger partial charge in [-0.25, -0.2) is 0 Å². The molecule has 0 aromatic heterocycles. The van der Waals surface area contributed by atoms with E-state index in [4.69, 9.17) is 10.8 Å². The van der Waals surface area contributed by atoms with E-state index in [0.29, 0.717) is 5.75 Å². The third kappa shape index (κ3) is 6.34. The number of rotatable bonds is 8. The number of unbranched alkanes of at least 4 members (excludes halogenated alkanes) is 1. The van der Waals surface area contributed by atoms with Crippen LogP contribution in [0.3, 0.4) is 0 Å². The molecule has 3 nitrogen and oxygen atoms in total. The first-order valence-electron chi connectivity index (χ1n) is 5.80. The lowest BCUT2D eigenvalue weighted by atomic mass is 10.1. The van der Waals surface area contributed by atoms with Crippen molar-refractivity contribution in [3.63, 3.8) is 0 Å². The van der Waals surface area contributed by atoms with E-state index in [2.05, 4.69) is 24.3 Å². The summed E-state index contributed by atoms with van der Waals surface area (Å²) in [5, 5.41) is 8.60. The molecule has 0 aliphatic heterocycles. The van der Waals surface area contributed by atoms with Crippen LogP contribution in [-0.2, 0) is 11.2 Å². The number of aryl methyl sites for hydroxylation is 1. The summed E-state index contributed by atoms with van der Waals surface area (Å²) in [6, 6.07) is 9.66. The average molecular weight is 253 g/mol. The van der Waals surface area contributed by atoms with Crippen LogP contribution in [0.15, 0.2) is 30.3 Å². The first kappa shape index (κ1) is 14.1. The van der Waals surface area contributed by atoms with E-state index >= 15 is 0 Å². The first-order chi connectivity index (χ1) is 8.20. The second kappa shape index (κ2) is 8.14. The van der Waals surface area contributed by atoms with E-state index in [1.165, 1.54) is 5.56 Å². The number of thioether (sulfide) groups is 1. The summed E-state index contributed by atoms with van der Waals surface area (Å²) in [7, 11) is 0. The van der Waals surface area contributed by atoms with E-state index in [-0.39, 0.29) is 0 Å². The molecule has 4 heteroatoms. The minimum absolute atomic E-state index is 0.501. The molecule has 1 rings (SSSR count). The van der Waals surface area contributed by atoms with Crippen molar-refractivity contribution < 1.29 is 9.90 Å². The molecular formula is C13H19NO2S. The van der Waals surface area contributed by atoms with Gasteiger partial charge in [-0.2, -0.15) is 11.8 Å². The van der Waals surface area contributed by atoms with Crippen LogP contribution >= 0.6 is 11.8 Å². The lowest BCUT2D eigenvalue weighted by Gasteiger charge is -2.05. The standard InChI is InChI=1S/C13H19NO2S/c14-12(13(15)16)10-17-9-5-4-8-11-6-2-1-3-7-11/h1-3,6-7,12H,4-5,8-10,14H2,(H,15,16)/t12-/m0/s1. The van der Waals surface area contributed by atoms with Gasteiger partial charge in [0.25, 0.3) is 0 Å². The maximum Gasteiger partial charge on any atom is 0.321 e. The number of benzene rings is 1. The molecule has 0 bridgehead atoms. The van der Waals surface area contributed by atoms with Gasteiger partial charge in [-0.15, -0.1) is 0 Å². The number of aliphatic carboxylic acids is 1. The average Bonchev–Trinajstić information content (AvgIpc) is 2.34. The van der Waals surface area contributed by atoms with Gasteiger partial charge >= 0.3 is 5.97 Å². The number of carboxylic acid groups (broad SMARTS) is 1. The molecule has 0 fully saturated rings. The maximum absolute atomic E-state index is 10.5. The molecule has 0 aliphatic carbocycles. The molecule has 0 unspecified atom stereocenters. The van der Waals surface area contributed by atoms with Gasteiger partial charge < -0.3 is 10.8 Å². The maximum atomic E-state index is 10.5. The molecule has 17 heavy (non-hydrogen) atoms. The molecule has 0 saturated heterocycles. The Balaban J connectivity index is 2.00. The van der Waals surface area contributed by atoms with Crippen LogP contribution in [0.2, 0.25) is 0 Å². The minimum atomic E-state index is -0.915. The first-order valence-corrected chi connectivity index (χ1v) is 6.95. The van der Waals surface area contributed by atoms with E-state index in [1.807, 2.05) is 6.07 Å². The molecular weight excluding hydrogens is 234 g/mol. The predicted molar refractivity (Wildman–Crippen MR) is 72.3 cm³/mol. The van der Waals surface area contributed by atoms with Crippen molar-refractivity contribution in [1.29, 1.82) is 0 Å². The Morgan fingerprint density at radius 1 is 1.29 bits per heavy atom. The lowest BCUT2D eigenvalue weighted by molar-refractivity contribution is -0.137. The van der Waals surface area contributed by atoms with Crippen LogP contribution < -0.4 is 5.73 Å². The lowest BCUT2D eigenvalue weighted by Crippen LogP contribution is -2.32. The van der Waals surface area contributed by atoms with E-state index < -0.39 is 12.0 Å². The van der Waals surface area contributed by atoms with Gasteiger partial charge in [0.2, 0.25) is 0 Å². The molecule has 1 aromatic carbocycles. The fraction of sp³-hybridized carbons (Fsp3) is 0.462. The molecule has 0 amide bonds. The Kier molecular flexibility index (Phi) is 6.74. The summed E-state index contributed by atoms with van der Waals surface area (Å²) in [4.78, 5) is 10.5. The third-order valence-electron chi connectivity index (χ3n) is 2.46.